The van der Waals surface area contributed by atoms with Gasteiger partial charge in [-0.1, -0.05) is 6.08 Å². The van der Waals surface area contributed by atoms with Gasteiger partial charge in [0, 0.05) is 7.11 Å². The molecule has 0 aromatic rings. The Morgan fingerprint density at radius 2 is 2.25 bits per heavy atom. The molecule has 0 aromatic heterocycles. The van der Waals surface area contributed by atoms with Crippen LogP contribution in [0.2, 0.25) is 0 Å². The Morgan fingerprint density at radius 3 is 2.67 bits per heavy atom. The maximum Gasteiger partial charge on any atom is 0.308 e. The number of ether oxygens (including phenoxy) is 2. The van der Waals surface area contributed by atoms with Crippen LogP contribution in [0.25, 0.3) is 0 Å². The van der Waals surface area contributed by atoms with Crippen LogP contribution < -0.4 is 0 Å². The van der Waals surface area contributed by atoms with Crippen molar-refractivity contribution >= 4 is 5.97 Å². The highest BCUT2D eigenvalue weighted by Crippen LogP contribution is 2.06. The molecule has 0 fully saturated rings. The molecule has 0 aromatic carbocycles. The summed E-state index contributed by atoms with van der Waals surface area (Å²) < 4.78 is 9.59. The van der Waals surface area contributed by atoms with Crippen molar-refractivity contribution in [2.75, 3.05) is 14.2 Å². The van der Waals surface area contributed by atoms with Gasteiger partial charge in [-0.2, -0.15) is 0 Å². The molecule has 1 unspecified atom stereocenters. The molecule has 0 aliphatic heterocycles. The number of esters is 1. The Kier molecular flexibility index (Phi) is 6.38. The zero-order chi connectivity index (χ0) is 9.40. The highest BCUT2D eigenvalue weighted by Gasteiger charge is 2.11. The summed E-state index contributed by atoms with van der Waals surface area (Å²) in [6.45, 7) is 3.59. The molecule has 1 atom stereocenters. The summed E-state index contributed by atoms with van der Waals surface area (Å²) in [5.41, 5.74) is 0. The van der Waals surface area contributed by atoms with E-state index in [0.717, 1.165) is 12.8 Å². The standard InChI is InChI=1S/C9H16O3/c1-4-5-6-8(11-2)7-9(10)12-3/h4,8H,1,5-7H2,2-3H3. The summed E-state index contributed by atoms with van der Waals surface area (Å²) in [7, 11) is 2.97. The van der Waals surface area contributed by atoms with Crippen molar-refractivity contribution in [1.82, 2.24) is 0 Å². The van der Waals surface area contributed by atoms with Gasteiger partial charge in [-0.25, -0.2) is 0 Å². The highest BCUT2D eigenvalue weighted by atomic mass is 16.5. The number of hydrogen-bond acceptors (Lipinski definition) is 3. The molecule has 0 rings (SSSR count). The first-order valence-electron chi connectivity index (χ1n) is 3.95. The van der Waals surface area contributed by atoms with Gasteiger partial charge < -0.3 is 9.47 Å². The molecule has 0 spiro atoms. The minimum atomic E-state index is -0.231. The Morgan fingerprint density at radius 1 is 1.58 bits per heavy atom. The quantitative estimate of drug-likeness (QED) is 0.450. The van der Waals surface area contributed by atoms with E-state index in [1.165, 1.54) is 7.11 Å². The first-order valence-corrected chi connectivity index (χ1v) is 3.95. The zero-order valence-electron chi connectivity index (χ0n) is 7.71. The second-order valence-electron chi connectivity index (χ2n) is 2.50. The summed E-state index contributed by atoms with van der Waals surface area (Å²) in [6, 6.07) is 0. The lowest BCUT2D eigenvalue weighted by Gasteiger charge is -2.11. The largest absolute Gasteiger partial charge is 0.469 e. The van der Waals surface area contributed by atoms with Gasteiger partial charge in [0.15, 0.2) is 0 Å². The van der Waals surface area contributed by atoms with E-state index in [1.54, 1.807) is 7.11 Å². The molecule has 0 saturated heterocycles. The Balaban J connectivity index is 3.66. The molecule has 0 radical (unpaired) electrons. The lowest BCUT2D eigenvalue weighted by atomic mass is 10.1. The van der Waals surface area contributed by atoms with Crippen molar-refractivity contribution in [3.8, 4) is 0 Å². The maximum absolute atomic E-state index is 10.8. The molecule has 12 heavy (non-hydrogen) atoms. The number of hydrogen-bond donors (Lipinski definition) is 0. The van der Waals surface area contributed by atoms with E-state index < -0.39 is 0 Å². The molecule has 3 heteroatoms. The fourth-order valence-electron chi connectivity index (χ4n) is 0.876. The van der Waals surface area contributed by atoms with Crippen LogP contribution in [0.1, 0.15) is 19.3 Å². The number of allylic oxidation sites excluding steroid dienone is 1. The minimum Gasteiger partial charge on any atom is -0.469 e. The predicted octanol–water partition coefficient (Wildman–Crippen LogP) is 1.53. The lowest BCUT2D eigenvalue weighted by molar-refractivity contribution is -0.143. The highest BCUT2D eigenvalue weighted by molar-refractivity contribution is 5.69. The Hall–Kier alpha value is -0.830. The molecular formula is C9H16O3. The first-order chi connectivity index (χ1) is 5.74. The third-order valence-corrected chi connectivity index (χ3v) is 1.65. The van der Waals surface area contributed by atoms with Crippen LogP contribution in [-0.4, -0.2) is 26.3 Å². The van der Waals surface area contributed by atoms with Crippen LogP contribution in [0.15, 0.2) is 12.7 Å². The molecular weight excluding hydrogens is 156 g/mol. The van der Waals surface area contributed by atoms with Crippen LogP contribution in [0.5, 0.6) is 0 Å². The molecule has 3 nitrogen and oxygen atoms in total. The average molecular weight is 172 g/mol. The summed E-state index contributed by atoms with van der Waals surface area (Å²) in [4.78, 5) is 10.8. The van der Waals surface area contributed by atoms with Gasteiger partial charge in [-0.3, -0.25) is 4.79 Å². The van der Waals surface area contributed by atoms with Crippen LogP contribution in [0.4, 0.5) is 0 Å². The van der Waals surface area contributed by atoms with Gasteiger partial charge >= 0.3 is 5.97 Å². The van der Waals surface area contributed by atoms with Crippen molar-refractivity contribution in [3.63, 3.8) is 0 Å². The number of carbonyl (C=O) groups is 1. The van der Waals surface area contributed by atoms with Crippen molar-refractivity contribution in [3.05, 3.63) is 12.7 Å². The fraction of sp³-hybridized carbons (Fsp3) is 0.667. The molecule has 0 amide bonds. The first kappa shape index (κ1) is 11.2. The Bertz CT molecular complexity index is 143. The van der Waals surface area contributed by atoms with Crippen molar-refractivity contribution in [2.24, 2.45) is 0 Å². The normalized spacial score (nSPS) is 12.2. The molecule has 0 N–H and O–H groups in total. The van der Waals surface area contributed by atoms with E-state index in [4.69, 9.17) is 4.74 Å². The second kappa shape index (κ2) is 6.85. The van der Waals surface area contributed by atoms with Gasteiger partial charge in [0.1, 0.15) is 0 Å². The smallest absolute Gasteiger partial charge is 0.308 e. The zero-order valence-corrected chi connectivity index (χ0v) is 7.71. The monoisotopic (exact) mass is 172 g/mol. The second-order valence-corrected chi connectivity index (χ2v) is 2.50. The van der Waals surface area contributed by atoms with Gasteiger partial charge in [0.25, 0.3) is 0 Å². The molecule has 0 heterocycles. The lowest BCUT2D eigenvalue weighted by Crippen LogP contribution is -2.16. The fourth-order valence-corrected chi connectivity index (χ4v) is 0.876. The maximum atomic E-state index is 10.8. The summed E-state index contributed by atoms with van der Waals surface area (Å²) in [5.74, 6) is -0.231. The van der Waals surface area contributed by atoms with E-state index in [0.29, 0.717) is 6.42 Å². The minimum absolute atomic E-state index is 0.0459. The molecule has 0 saturated carbocycles. The van der Waals surface area contributed by atoms with E-state index in [2.05, 4.69) is 11.3 Å². The molecule has 0 aliphatic carbocycles. The predicted molar refractivity (Wildman–Crippen MR) is 46.9 cm³/mol. The SMILES string of the molecule is C=CCCC(CC(=O)OC)OC. The Labute approximate surface area is 73.4 Å². The number of carbonyl (C=O) groups excluding carboxylic acids is 1. The van der Waals surface area contributed by atoms with E-state index >= 15 is 0 Å². The summed E-state index contributed by atoms with van der Waals surface area (Å²) in [5, 5.41) is 0. The summed E-state index contributed by atoms with van der Waals surface area (Å²) in [6.07, 6.45) is 3.75. The van der Waals surface area contributed by atoms with Crippen molar-refractivity contribution in [1.29, 1.82) is 0 Å². The van der Waals surface area contributed by atoms with Gasteiger partial charge in [0.2, 0.25) is 0 Å². The van der Waals surface area contributed by atoms with Crippen molar-refractivity contribution < 1.29 is 14.3 Å². The van der Waals surface area contributed by atoms with Gasteiger partial charge in [-0.15, -0.1) is 6.58 Å². The van der Waals surface area contributed by atoms with Gasteiger partial charge in [0.05, 0.1) is 19.6 Å². The third-order valence-electron chi connectivity index (χ3n) is 1.65. The van der Waals surface area contributed by atoms with Crippen LogP contribution >= 0.6 is 0 Å². The van der Waals surface area contributed by atoms with Crippen molar-refractivity contribution in [2.45, 2.75) is 25.4 Å². The molecule has 0 aliphatic rings. The third kappa shape index (κ3) is 4.91. The van der Waals surface area contributed by atoms with Crippen LogP contribution in [-0.2, 0) is 14.3 Å². The van der Waals surface area contributed by atoms with Gasteiger partial charge in [-0.05, 0) is 12.8 Å². The topological polar surface area (TPSA) is 35.5 Å². The summed E-state index contributed by atoms with van der Waals surface area (Å²) >= 11 is 0. The number of methoxy groups -OCH3 is 2. The molecule has 70 valence electrons. The van der Waals surface area contributed by atoms with Crippen LogP contribution in [0.3, 0.4) is 0 Å². The van der Waals surface area contributed by atoms with Crippen LogP contribution in [0, 0.1) is 0 Å². The van der Waals surface area contributed by atoms with E-state index in [9.17, 15) is 4.79 Å². The molecule has 0 bridgehead atoms. The number of rotatable bonds is 6. The van der Waals surface area contributed by atoms with E-state index in [-0.39, 0.29) is 12.1 Å². The van der Waals surface area contributed by atoms with E-state index in [1.807, 2.05) is 6.08 Å². The average Bonchev–Trinajstić information content (AvgIpc) is 2.11.